The van der Waals surface area contributed by atoms with E-state index in [1.165, 1.54) is 11.3 Å². The molecule has 0 N–H and O–H groups in total. The molecule has 0 fully saturated rings. The lowest BCUT2D eigenvalue weighted by atomic mass is 10.1. The van der Waals surface area contributed by atoms with Crippen LogP contribution < -0.4 is 0 Å². The van der Waals surface area contributed by atoms with Crippen LogP contribution in [0.4, 0.5) is 0 Å². The van der Waals surface area contributed by atoms with Crippen molar-refractivity contribution in [3.8, 4) is 0 Å². The minimum absolute atomic E-state index is 0.309. The zero-order valence-corrected chi connectivity index (χ0v) is 11.7. The first-order valence-electron chi connectivity index (χ1n) is 7.21. The Balaban J connectivity index is 1.47. The first-order chi connectivity index (χ1) is 9.38. The number of benzene rings is 1. The Morgan fingerprint density at radius 1 is 1.26 bits per heavy atom. The highest BCUT2D eigenvalue weighted by atomic mass is 16.6. The summed E-state index contributed by atoms with van der Waals surface area (Å²) in [5.74, 6) is 0. The summed E-state index contributed by atoms with van der Waals surface area (Å²) in [5, 5.41) is 4.08. The summed E-state index contributed by atoms with van der Waals surface area (Å²) in [6, 6.07) is 10.3. The van der Waals surface area contributed by atoms with Gasteiger partial charge < -0.3 is 9.57 Å². The molecule has 0 saturated heterocycles. The number of hydrogen-bond donors (Lipinski definition) is 0. The molecule has 0 spiro atoms. The van der Waals surface area contributed by atoms with Gasteiger partial charge in [-0.05, 0) is 31.2 Å². The fraction of sp³-hybridized carbons (Fsp3) is 0.562. The Morgan fingerprint density at radius 2 is 2.11 bits per heavy atom. The second kappa shape index (κ2) is 7.95. The summed E-state index contributed by atoms with van der Waals surface area (Å²) in [4.78, 5) is 5.38. The molecule has 0 radical (unpaired) electrons. The first kappa shape index (κ1) is 14.1. The fourth-order valence-electron chi connectivity index (χ4n) is 2.19. The normalized spacial score (nSPS) is 18.2. The van der Waals surface area contributed by atoms with Crippen LogP contribution in [0.25, 0.3) is 0 Å². The zero-order valence-electron chi connectivity index (χ0n) is 11.7. The van der Waals surface area contributed by atoms with Crippen LogP contribution in [0.1, 0.15) is 44.6 Å². The molecule has 104 valence electrons. The molecule has 3 heteroatoms. The van der Waals surface area contributed by atoms with Crippen molar-refractivity contribution in [2.24, 2.45) is 5.16 Å². The van der Waals surface area contributed by atoms with E-state index in [1.54, 1.807) is 0 Å². The van der Waals surface area contributed by atoms with E-state index in [2.05, 4.69) is 24.2 Å². The highest BCUT2D eigenvalue weighted by Crippen LogP contribution is 2.17. The molecule has 0 amide bonds. The lowest BCUT2D eigenvalue weighted by Gasteiger charge is -2.08. The number of rotatable bonds is 8. The van der Waals surface area contributed by atoms with Gasteiger partial charge in [-0.2, -0.15) is 0 Å². The zero-order chi connectivity index (χ0) is 13.3. The van der Waals surface area contributed by atoms with Gasteiger partial charge in [0.25, 0.3) is 0 Å². The Kier molecular flexibility index (Phi) is 5.89. The molecule has 2 rings (SSSR count). The molecule has 0 bridgehead atoms. The third-order valence-corrected chi connectivity index (χ3v) is 3.38. The van der Waals surface area contributed by atoms with Gasteiger partial charge in [0.15, 0.2) is 0 Å². The molecule has 1 heterocycles. The van der Waals surface area contributed by atoms with Crippen molar-refractivity contribution in [1.29, 1.82) is 0 Å². The van der Waals surface area contributed by atoms with Crippen molar-refractivity contribution in [3.63, 3.8) is 0 Å². The number of nitrogens with zero attached hydrogens (tertiary/aromatic N) is 1. The van der Waals surface area contributed by atoms with Gasteiger partial charge in [-0.25, -0.2) is 0 Å². The molecule has 1 aliphatic heterocycles. The first-order valence-corrected chi connectivity index (χ1v) is 7.21. The molecule has 3 nitrogen and oxygen atoms in total. The van der Waals surface area contributed by atoms with Gasteiger partial charge in [-0.3, -0.25) is 0 Å². The molecule has 0 aromatic heterocycles. The maximum Gasteiger partial charge on any atom is 0.132 e. The maximum absolute atomic E-state index is 5.66. The van der Waals surface area contributed by atoms with Crippen LogP contribution in [0.3, 0.4) is 0 Å². The summed E-state index contributed by atoms with van der Waals surface area (Å²) in [6.07, 6.45) is 5.66. The van der Waals surface area contributed by atoms with Crippen LogP contribution >= 0.6 is 0 Å². The summed E-state index contributed by atoms with van der Waals surface area (Å²) in [5.41, 5.74) is 2.44. The largest absolute Gasteiger partial charge is 0.392 e. The Labute approximate surface area is 115 Å². The van der Waals surface area contributed by atoms with Crippen molar-refractivity contribution in [2.45, 2.75) is 51.7 Å². The van der Waals surface area contributed by atoms with Crippen molar-refractivity contribution >= 4 is 5.71 Å². The van der Waals surface area contributed by atoms with E-state index in [0.29, 0.717) is 12.7 Å². The van der Waals surface area contributed by atoms with Crippen LogP contribution in [-0.2, 0) is 16.2 Å². The van der Waals surface area contributed by atoms with E-state index >= 15 is 0 Å². The van der Waals surface area contributed by atoms with Crippen LogP contribution in [-0.4, -0.2) is 18.4 Å². The number of hydrogen-bond acceptors (Lipinski definition) is 3. The molecule has 0 aliphatic carbocycles. The van der Waals surface area contributed by atoms with Crippen LogP contribution in [0.15, 0.2) is 35.5 Å². The second-order valence-corrected chi connectivity index (χ2v) is 4.98. The molecule has 1 aromatic rings. The Hall–Kier alpha value is -1.35. The standard InChI is InChI=1S/C16H23NO2/c1-2-15-12-16(19-17-15)10-6-7-11-18-13-14-8-4-3-5-9-14/h3-5,8-9,16H,2,6-7,10-13H2,1H3. The van der Waals surface area contributed by atoms with E-state index in [0.717, 1.165) is 38.7 Å². The Bertz CT molecular complexity index is 389. The summed E-state index contributed by atoms with van der Waals surface area (Å²) >= 11 is 0. The predicted octanol–water partition coefficient (Wildman–Crippen LogP) is 3.93. The third-order valence-electron chi connectivity index (χ3n) is 3.38. The van der Waals surface area contributed by atoms with Gasteiger partial charge in [0.2, 0.25) is 0 Å². The van der Waals surface area contributed by atoms with Gasteiger partial charge in [-0.15, -0.1) is 0 Å². The minimum atomic E-state index is 0.309. The molecule has 19 heavy (non-hydrogen) atoms. The van der Waals surface area contributed by atoms with Crippen LogP contribution in [0.5, 0.6) is 0 Å². The van der Waals surface area contributed by atoms with E-state index in [1.807, 2.05) is 18.2 Å². The lowest BCUT2D eigenvalue weighted by Crippen LogP contribution is -2.07. The summed E-state index contributed by atoms with van der Waals surface area (Å²) < 4.78 is 5.66. The van der Waals surface area contributed by atoms with E-state index in [-0.39, 0.29) is 0 Å². The number of oxime groups is 1. The van der Waals surface area contributed by atoms with Gasteiger partial charge in [-0.1, -0.05) is 42.4 Å². The summed E-state index contributed by atoms with van der Waals surface area (Å²) in [6.45, 7) is 3.66. The predicted molar refractivity (Wildman–Crippen MR) is 77.2 cm³/mol. The topological polar surface area (TPSA) is 30.8 Å². The highest BCUT2D eigenvalue weighted by Gasteiger charge is 2.18. The van der Waals surface area contributed by atoms with Gasteiger partial charge >= 0.3 is 0 Å². The monoisotopic (exact) mass is 261 g/mol. The summed E-state index contributed by atoms with van der Waals surface area (Å²) in [7, 11) is 0. The lowest BCUT2D eigenvalue weighted by molar-refractivity contribution is 0.0712. The quantitative estimate of drug-likeness (QED) is 0.664. The van der Waals surface area contributed by atoms with Gasteiger partial charge in [0, 0.05) is 13.0 Å². The smallest absolute Gasteiger partial charge is 0.132 e. The molecule has 1 unspecified atom stereocenters. The fourth-order valence-corrected chi connectivity index (χ4v) is 2.19. The SMILES string of the molecule is CCC1=NOC(CCCCOCc2ccccc2)C1. The molecule has 0 saturated carbocycles. The van der Waals surface area contributed by atoms with Crippen LogP contribution in [0.2, 0.25) is 0 Å². The average Bonchev–Trinajstić information content (AvgIpc) is 2.92. The Morgan fingerprint density at radius 3 is 2.84 bits per heavy atom. The highest BCUT2D eigenvalue weighted by molar-refractivity contribution is 5.85. The van der Waals surface area contributed by atoms with E-state index in [9.17, 15) is 0 Å². The van der Waals surface area contributed by atoms with Crippen LogP contribution in [0, 0.1) is 0 Å². The molecular formula is C16H23NO2. The number of unbranched alkanes of at least 4 members (excludes halogenated alkanes) is 1. The van der Waals surface area contributed by atoms with Crippen molar-refractivity contribution in [2.75, 3.05) is 6.61 Å². The molecule has 1 atom stereocenters. The van der Waals surface area contributed by atoms with E-state index < -0.39 is 0 Å². The third kappa shape index (κ3) is 5.03. The maximum atomic E-state index is 5.66. The van der Waals surface area contributed by atoms with Crippen molar-refractivity contribution in [1.82, 2.24) is 0 Å². The van der Waals surface area contributed by atoms with Crippen molar-refractivity contribution in [3.05, 3.63) is 35.9 Å². The second-order valence-electron chi connectivity index (χ2n) is 4.98. The van der Waals surface area contributed by atoms with Gasteiger partial charge in [0.1, 0.15) is 6.10 Å². The average molecular weight is 261 g/mol. The van der Waals surface area contributed by atoms with Crippen molar-refractivity contribution < 1.29 is 9.57 Å². The van der Waals surface area contributed by atoms with Gasteiger partial charge in [0.05, 0.1) is 12.3 Å². The number of ether oxygens (including phenoxy) is 1. The minimum Gasteiger partial charge on any atom is -0.392 e. The molecule has 1 aromatic carbocycles. The molecular weight excluding hydrogens is 238 g/mol. The van der Waals surface area contributed by atoms with E-state index in [4.69, 9.17) is 9.57 Å². The molecule has 1 aliphatic rings.